The molecule has 0 aromatic rings. The molecular formula is C50H97NO5. The molecule has 0 saturated carbocycles. The summed E-state index contributed by atoms with van der Waals surface area (Å²) in [6.45, 7) is 6.47. The molecule has 0 heterocycles. The molecule has 56 heavy (non-hydrogen) atoms. The molecule has 332 valence electrons. The summed E-state index contributed by atoms with van der Waals surface area (Å²) < 4.78 is 5.92. The van der Waals surface area contributed by atoms with Gasteiger partial charge in [0, 0.05) is 6.42 Å². The number of allylic oxidation sites excluding steroid dienone is 2. The van der Waals surface area contributed by atoms with Crippen LogP contribution in [0.3, 0.4) is 0 Å². The molecule has 0 fully saturated rings. The number of aliphatic hydroxyl groups is 2. The average molecular weight is 792 g/mol. The lowest BCUT2D eigenvalue weighted by Gasteiger charge is -2.24. The van der Waals surface area contributed by atoms with Gasteiger partial charge in [-0.1, -0.05) is 219 Å². The first kappa shape index (κ1) is 54.6. The predicted molar refractivity (Wildman–Crippen MR) is 241 cm³/mol. The zero-order valence-corrected chi connectivity index (χ0v) is 37.8. The molecule has 0 rings (SSSR count). The number of carbonyl (C=O) groups excluding carboxylic acids is 2. The van der Waals surface area contributed by atoms with Crippen LogP contribution in [0.25, 0.3) is 0 Å². The van der Waals surface area contributed by atoms with Crippen LogP contribution < -0.4 is 5.32 Å². The smallest absolute Gasteiger partial charge is 0.306 e. The van der Waals surface area contributed by atoms with E-state index in [1.165, 1.54) is 180 Å². The van der Waals surface area contributed by atoms with Crippen molar-refractivity contribution < 1.29 is 24.5 Å². The van der Waals surface area contributed by atoms with Gasteiger partial charge in [-0.3, -0.25) is 9.59 Å². The van der Waals surface area contributed by atoms with Crippen molar-refractivity contribution in [3.8, 4) is 0 Å². The molecule has 6 heteroatoms. The summed E-state index contributed by atoms with van der Waals surface area (Å²) in [4.78, 5) is 26.0. The number of rotatable bonds is 45. The Morgan fingerprint density at radius 2 is 0.857 bits per heavy atom. The van der Waals surface area contributed by atoms with E-state index in [1.807, 2.05) is 0 Å². The van der Waals surface area contributed by atoms with Crippen LogP contribution in [0.5, 0.6) is 0 Å². The number of hydrogen-bond donors (Lipinski definition) is 3. The molecule has 0 bridgehead atoms. The second-order valence-corrected chi connectivity index (χ2v) is 17.2. The number of ether oxygens (including phenoxy) is 1. The van der Waals surface area contributed by atoms with Crippen molar-refractivity contribution in [1.29, 1.82) is 0 Å². The Kier molecular flexibility index (Phi) is 43.6. The van der Waals surface area contributed by atoms with Crippen molar-refractivity contribution in [3.63, 3.8) is 0 Å². The van der Waals surface area contributed by atoms with Gasteiger partial charge in [0.2, 0.25) is 5.91 Å². The van der Waals surface area contributed by atoms with E-state index in [9.17, 15) is 19.8 Å². The van der Waals surface area contributed by atoms with Gasteiger partial charge >= 0.3 is 5.97 Å². The first-order valence-electron chi connectivity index (χ1n) is 24.9. The summed E-state index contributed by atoms with van der Waals surface area (Å²) in [7, 11) is 0. The van der Waals surface area contributed by atoms with Crippen LogP contribution in [-0.4, -0.2) is 46.9 Å². The maximum atomic E-state index is 13.1. The van der Waals surface area contributed by atoms with E-state index in [2.05, 4.69) is 38.2 Å². The molecular weight excluding hydrogens is 695 g/mol. The quantitative estimate of drug-likeness (QED) is 0.0324. The van der Waals surface area contributed by atoms with Crippen LogP contribution in [0.2, 0.25) is 0 Å². The third kappa shape index (κ3) is 39.4. The fraction of sp³-hybridized carbons (Fsp3) is 0.920. The minimum atomic E-state index is -0.780. The third-order valence-electron chi connectivity index (χ3n) is 11.6. The first-order chi connectivity index (χ1) is 27.5. The maximum Gasteiger partial charge on any atom is 0.306 e. The lowest BCUT2D eigenvalue weighted by atomic mass is 10.0. The van der Waals surface area contributed by atoms with E-state index < -0.39 is 18.2 Å². The molecule has 0 aromatic heterocycles. The van der Waals surface area contributed by atoms with Crippen LogP contribution in [0, 0.1) is 0 Å². The molecule has 0 aliphatic rings. The number of nitrogens with one attached hydrogen (secondary N) is 1. The van der Waals surface area contributed by atoms with Gasteiger partial charge in [0.05, 0.1) is 25.2 Å². The van der Waals surface area contributed by atoms with Crippen molar-refractivity contribution >= 4 is 11.9 Å². The first-order valence-corrected chi connectivity index (χ1v) is 24.9. The van der Waals surface area contributed by atoms with Gasteiger partial charge in [0.15, 0.2) is 0 Å². The Morgan fingerprint density at radius 1 is 0.500 bits per heavy atom. The fourth-order valence-corrected chi connectivity index (χ4v) is 7.78. The minimum absolute atomic E-state index is 0.0823. The average Bonchev–Trinajstić information content (AvgIpc) is 3.19. The number of carbonyl (C=O) groups is 2. The van der Waals surface area contributed by atoms with Crippen LogP contribution in [0.15, 0.2) is 12.2 Å². The standard InChI is InChI=1S/C50H97NO5/c1-4-7-10-13-16-19-21-22-23-24-25-26-28-31-34-37-40-43-50(55)56-46(41-38-35-32-30-27-20-17-14-11-8-5-2)44-49(54)51-47(45-52)48(53)42-39-36-33-29-18-15-12-9-6-3/h22-23,46-48,52-53H,4-21,24-45H2,1-3H3,(H,51,54)/b23-22+. The highest BCUT2D eigenvalue weighted by Crippen LogP contribution is 2.18. The Hall–Kier alpha value is -1.40. The predicted octanol–water partition coefficient (Wildman–Crippen LogP) is 14.6. The molecule has 6 nitrogen and oxygen atoms in total. The largest absolute Gasteiger partial charge is 0.462 e. The summed E-state index contributed by atoms with van der Waals surface area (Å²) in [5, 5.41) is 23.6. The van der Waals surface area contributed by atoms with Crippen LogP contribution in [-0.2, 0) is 14.3 Å². The van der Waals surface area contributed by atoms with E-state index in [1.54, 1.807) is 0 Å². The lowest BCUT2D eigenvalue weighted by molar-refractivity contribution is -0.151. The SMILES string of the molecule is CCCCCCCC/C=C/CCCCCCCCCC(=O)OC(CCCCCCCCCCCCC)CC(=O)NC(CO)C(O)CCCCCCCCCCC. The van der Waals surface area contributed by atoms with E-state index in [0.29, 0.717) is 19.3 Å². The van der Waals surface area contributed by atoms with Crippen molar-refractivity contribution in [2.24, 2.45) is 0 Å². The molecule has 3 N–H and O–H groups in total. The van der Waals surface area contributed by atoms with Gasteiger partial charge in [0.25, 0.3) is 0 Å². The van der Waals surface area contributed by atoms with Gasteiger partial charge in [-0.2, -0.15) is 0 Å². The minimum Gasteiger partial charge on any atom is -0.462 e. The second kappa shape index (κ2) is 44.7. The number of amides is 1. The van der Waals surface area contributed by atoms with Crippen molar-refractivity contribution in [3.05, 3.63) is 12.2 Å². The van der Waals surface area contributed by atoms with E-state index in [4.69, 9.17) is 4.74 Å². The number of esters is 1. The Balaban J connectivity index is 4.48. The molecule has 0 spiro atoms. The Labute approximate surface area is 349 Å². The summed E-state index contributed by atoms with van der Waals surface area (Å²) in [6.07, 6.45) is 48.4. The molecule has 0 saturated heterocycles. The van der Waals surface area contributed by atoms with Gasteiger partial charge in [-0.15, -0.1) is 0 Å². The molecule has 0 aromatic carbocycles. The number of unbranched alkanes of at least 4 members (excludes halogenated alkanes) is 31. The number of hydrogen-bond acceptors (Lipinski definition) is 5. The molecule has 0 aliphatic heterocycles. The van der Waals surface area contributed by atoms with Crippen molar-refractivity contribution in [1.82, 2.24) is 5.32 Å². The highest BCUT2D eigenvalue weighted by atomic mass is 16.5. The summed E-state index contributed by atoms with van der Waals surface area (Å²) in [6, 6.07) is -0.693. The van der Waals surface area contributed by atoms with Crippen LogP contribution >= 0.6 is 0 Å². The molecule has 0 aliphatic carbocycles. The molecule has 3 atom stereocenters. The van der Waals surface area contributed by atoms with Crippen LogP contribution in [0.1, 0.15) is 271 Å². The highest BCUT2D eigenvalue weighted by molar-refractivity contribution is 5.77. The van der Waals surface area contributed by atoms with Gasteiger partial charge in [-0.25, -0.2) is 0 Å². The van der Waals surface area contributed by atoms with Crippen molar-refractivity contribution in [2.45, 2.75) is 289 Å². The van der Waals surface area contributed by atoms with Gasteiger partial charge < -0.3 is 20.3 Å². The molecule has 0 radical (unpaired) electrons. The maximum absolute atomic E-state index is 13.1. The molecule has 1 amide bonds. The zero-order chi connectivity index (χ0) is 41.0. The topological polar surface area (TPSA) is 95.9 Å². The number of aliphatic hydroxyl groups excluding tert-OH is 2. The zero-order valence-electron chi connectivity index (χ0n) is 37.8. The highest BCUT2D eigenvalue weighted by Gasteiger charge is 2.24. The summed E-state index contributed by atoms with van der Waals surface area (Å²) in [5.41, 5.74) is 0. The molecule has 3 unspecified atom stereocenters. The van der Waals surface area contributed by atoms with E-state index >= 15 is 0 Å². The van der Waals surface area contributed by atoms with E-state index in [0.717, 1.165) is 44.9 Å². The van der Waals surface area contributed by atoms with Gasteiger partial charge in [-0.05, 0) is 51.4 Å². The fourth-order valence-electron chi connectivity index (χ4n) is 7.78. The second-order valence-electron chi connectivity index (χ2n) is 17.2. The van der Waals surface area contributed by atoms with Crippen molar-refractivity contribution in [2.75, 3.05) is 6.61 Å². The Bertz CT molecular complexity index is 847. The summed E-state index contributed by atoms with van der Waals surface area (Å²) in [5.74, 6) is -0.466. The normalized spacial score (nSPS) is 13.3. The van der Waals surface area contributed by atoms with Crippen LogP contribution in [0.4, 0.5) is 0 Å². The lowest BCUT2D eigenvalue weighted by Crippen LogP contribution is -2.46. The summed E-state index contributed by atoms with van der Waals surface area (Å²) >= 11 is 0. The third-order valence-corrected chi connectivity index (χ3v) is 11.6. The van der Waals surface area contributed by atoms with Gasteiger partial charge in [0.1, 0.15) is 6.10 Å². The Morgan fingerprint density at radius 3 is 1.27 bits per heavy atom. The van der Waals surface area contributed by atoms with E-state index in [-0.39, 0.29) is 24.9 Å². The monoisotopic (exact) mass is 792 g/mol.